The Morgan fingerprint density at radius 1 is 1.47 bits per heavy atom. The number of nitrogens with zero attached hydrogens (tertiary/aromatic N) is 1. The molecule has 4 nitrogen and oxygen atoms in total. The van der Waals surface area contributed by atoms with Crippen LogP contribution in [0.2, 0.25) is 0 Å². The van der Waals surface area contributed by atoms with Crippen molar-refractivity contribution in [1.82, 2.24) is 10.2 Å². The fraction of sp³-hybridized carbons (Fsp3) is 0.533. The Morgan fingerprint density at radius 2 is 2.21 bits per heavy atom. The highest BCUT2D eigenvalue weighted by Crippen LogP contribution is 2.19. The van der Waals surface area contributed by atoms with Crippen LogP contribution in [-0.2, 0) is 6.54 Å². The molecule has 19 heavy (non-hydrogen) atoms. The van der Waals surface area contributed by atoms with E-state index < -0.39 is 0 Å². The third kappa shape index (κ3) is 3.63. The van der Waals surface area contributed by atoms with Gasteiger partial charge in [0.05, 0.1) is 0 Å². The van der Waals surface area contributed by atoms with E-state index in [0.717, 1.165) is 24.1 Å². The van der Waals surface area contributed by atoms with Crippen LogP contribution in [0.3, 0.4) is 0 Å². The Balaban J connectivity index is 2.00. The van der Waals surface area contributed by atoms with Gasteiger partial charge in [-0.2, -0.15) is 0 Å². The average Bonchev–Trinajstić information content (AvgIpc) is 2.30. The maximum Gasteiger partial charge on any atom is 0.318 e. The number of urea groups is 1. The van der Waals surface area contributed by atoms with Crippen LogP contribution in [0.1, 0.15) is 38.7 Å². The van der Waals surface area contributed by atoms with E-state index in [9.17, 15) is 4.79 Å². The van der Waals surface area contributed by atoms with Crippen molar-refractivity contribution in [2.45, 2.75) is 51.7 Å². The summed E-state index contributed by atoms with van der Waals surface area (Å²) >= 11 is 0. The molecule has 0 saturated heterocycles. The summed E-state index contributed by atoms with van der Waals surface area (Å²) in [4.78, 5) is 14.1. The van der Waals surface area contributed by atoms with Gasteiger partial charge in [0.2, 0.25) is 0 Å². The number of benzene rings is 1. The predicted octanol–water partition coefficient (Wildman–Crippen LogP) is 2.74. The van der Waals surface area contributed by atoms with Crippen LogP contribution < -0.4 is 11.1 Å². The molecule has 1 aromatic carbocycles. The Labute approximate surface area is 115 Å². The molecule has 0 unspecified atom stereocenters. The SMILES string of the molecule is CC(C)N(Cc1cccc(N)c1)C(=O)NC1CCC1. The molecule has 4 heteroatoms. The lowest BCUT2D eigenvalue weighted by atomic mass is 9.93. The summed E-state index contributed by atoms with van der Waals surface area (Å²) in [5, 5.41) is 3.09. The van der Waals surface area contributed by atoms with Crippen LogP contribution in [0.15, 0.2) is 24.3 Å². The number of anilines is 1. The molecule has 0 bridgehead atoms. The summed E-state index contributed by atoms with van der Waals surface area (Å²) in [5.41, 5.74) is 7.58. The maximum atomic E-state index is 12.3. The van der Waals surface area contributed by atoms with Gasteiger partial charge in [-0.05, 0) is 50.8 Å². The molecule has 3 N–H and O–H groups in total. The molecular weight excluding hydrogens is 238 g/mol. The lowest BCUT2D eigenvalue weighted by molar-refractivity contribution is 0.169. The lowest BCUT2D eigenvalue weighted by Gasteiger charge is -2.32. The molecule has 1 aliphatic carbocycles. The summed E-state index contributed by atoms with van der Waals surface area (Å²) in [5.74, 6) is 0. The monoisotopic (exact) mass is 261 g/mol. The maximum absolute atomic E-state index is 12.3. The van der Waals surface area contributed by atoms with Crippen LogP contribution in [0.5, 0.6) is 0 Å². The van der Waals surface area contributed by atoms with Gasteiger partial charge in [0.1, 0.15) is 0 Å². The van der Waals surface area contributed by atoms with Gasteiger partial charge in [0.25, 0.3) is 0 Å². The molecule has 0 atom stereocenters. The molecule has 1 aliphatic rings. The molecule has 1 saturated carbocycles. The van der Waals surface area contributed by atoms with Crippen LogP contribution in [0.4, 0.5) is 10.5 Å². The van der Waals surface area contributed by atoms with Crippen molar-refractivity contribution in [3.63, 3.8) is 0 Å². The van der Waals surface area contributed by atoms with E-state index in [1.807, 2.05) is 43.0 Å². The third-order valence-electron chi connectivity index (χ3n) is 3.62. The fourth-order valence-electron chi connectivity index (χ4n) is 2.19. The second-order valence-electron chi connectivity index (χ2n) is 5.54. The number of carbonyl (C=O) groups excluding carboxylic acids is 1. The fourth-order valence-corrected chi connectivity index (χ4v) is 2.19. The summed E-state index contributed by atoms with van der Waals surface area (Å²) in [6.45, 7) is 4.67. The Kier molecular flexibility index (Phi) is 4.30. The minimum atomic E-state index is 0.0297. The third-order valence-corrected chi connectivity index (χ3v) is 3.62. The number of carbonyl (C=O) groups is 1. The molecule has 1 fully saturated rings. The second-order valence-corrected chi connectivity index (χ2v) is 5.54. The normalized spacial score (nSPS) is 15.1. The number of hydrogen-bond donors (Lipinski definition) is 2. The smallest absolute Gasteiger partial charge is 0.318 e. The molecule has 0 spiro atoms. The Hall–Kier alpha value is -1.71. The van der Waals surface area contributed by atoms with Crippen molar-refractivity contribution in [3.8, 4) is 0 Å². The minimum Gasteiger partial charge on any atom is -0.399 e. The molecule has 0 heterocycles. The summed E-state index contributed by atoms with van der Waals surface area (Å²) in [6.07, 6.45) is 3.44. The first-order valence-corrected chi connectivity index (χ1v) is 6.98. The molecular formula is C15H23N3O. The lowest BCUT2D eigenvalue weighted by Crippen LogP contribution is -2.49. The van der Waals surface area contributed by atoms with E-state index in [0.29, 0.717) is 12.6 Å². The zero-order valence-corrected chi connectivity index (χ0v) is 11.7. The molecule has 0 aromatic heterocycles. The van der Waals surface area contributed by atoms with Crippen LogP contribution >= 0.6 is 0 Å². The van der Waals surface area contributed by atoms with Crippen molar-refractivity contribution in [3.05, 3.63) is 29.8 Å². The molecule has 2 amide bonds. The number of amides is 2. The van der Waals surface area contributed by atoms with Gasteiger partial charge in [-0.25, -0.2) is 4.79 Å². The summed E-state index contributed by atoms with van der Waals surface area (Å²) in [6, 6.07) is 8.28. The first-order valence-electron chi connectivity index (χ1n) is 6.98. The minimum absolute atomic E-state index is 0.0297. The van der Waals surface area contributed by atoms with E-state index >= 15 is 0 Å². The van der Waals surface area contributed by atoms with Crippen LogP contribution in [0.25, 0.3) is 0 Å². The van der Waals surface area contributed by atoms with Crippen molar-refractivity contribution in [1.29, 1.82) is 0 Å². The second kappa shape index (κ2) is 5.95. The zero-order chi connectivity index (χ0) is 13.8. The van der Waals surface area contributed by atoms with Gasteiger partial charge in [0, 0.05) is 24.3 Å². The van der Waals surface area contributed by atoms with Gasteiger partial charge >= 0.3 is 6.03 Å². The highest BCUT2D eigenvalue weighted by molar-refractivity contribution is 5.75. The summed E-state index contributed by atoms with van der Waals surface area (Å²) in [7, 11) is 0. The van der Waals surface area contributed by atoms with Gasteiger partial charge < -0.3 is 16.0 Å². The van der Waals surface area contributed by atoms with Gasteiger partial charge in [-0.1, -0.05) is 12.1 Å². The zero-order valence-electron chi connectivity index (χ0n) is 11.7. The number of nitrogen functional groups attached to an aromatic ring is 1. The standard InChI is InChI=1S/C15H23N3O/c1-11(2)18(15(19)17-14-7-4-8-14)10-12-5-3-6-13(16)9-12/h3,5-6,9,11,14H,4,7-8,10,16H2,1-2H3,(H,17,19). The molecule has 0 aliphatic heterocycles. The molecule has 2 rings (SSSR count). The van der Waals surface area contributed by atoms with E-state index in [2.05, 4.69) is 5.32 Å². The number of rotatable bonds is 4. The first kappa shape index (κ1) is 13.7. The topological polar surface area (TPSA) is 58.4 Å². The van der Waals surface area contributed by atoms with Crippen molar-refractivity contribution in [2.24, 2.45) is 0 Å². The quantitative estimate of drug-likeness (QED) is 0.819. The number of hydrogen-bond acceptors (Lipinski definition) is 2. The molecule has 104 valence electrons. The van der Waals surface area contributed by atoms with Crippen LogP contribution in [-0.4, -0.2) is 23.0 Å². The number of nitrogens with one attached hydrogen (secondary N) is 1. The molecule has 0 radical (unpaired) electrons. The van der Waals surface area contributed by atoms with Crippen LogP contribution in [0, 0.1) is 0 Å². The Bertz CT molecular complexity index is 441. The largest absolute Gasteiger partial charge is 0.399 e. The summed E-state index contributed by atoms with van der Waals surface area (Å²) < 4.78 is 0. The van der Waals surface area contributed by atoms with Gasteiger partial charge in [-0.15, -0.1) is 0 Å². The van der Waals surface area contributed by atoms with Crippen molar-refractivity contribution >= 4 is 11.7 Å². The van der Waals surface area contributed by atoms with E-state index in [4.69, 9.17) is 5.73 Å². The highest BCUT2D eigenvalue weighted by Gasteiger charge is 2.24. The average molecular weight is 261 g/mol. The van der Waals surface area contributed by atoms with E-state index in [1.54, 1.807) is 0 Å². The van der Waals surface area contributed by atoms with Crippen molar-refractivity contribution < 1.29 is 4.79 Å². The van der Waals surface area contributed by atoms with E-state index in [-0.39, 0.29) is 12.1 Å². The van der Waals surface area contributed by atoms with E-state index in [1.165, 1.54) is 6.42 Å². The molecule has 1 aromatic rings. The van der Waals surface area contributed by atoms with Gasteiger partial charge in [0.15, 0.2) is 0 Å². The van der Waals surface area contributed by atoms with Crippen molar-refractivity contribution in [2.75, 3.05) is 5.73 Å². The Morgan fingerprint density at radius 3 is 2.74 bits per heavy atom. The highest BCUT2D eigenvalue weighted by atomic mass is 16.2. The van der Waals surface area contributed by atoms with Gasteiger partial charge in [-0.3, -0.25) is 0 Å². The predicted molar refractivity (Wildman–Crippen MR) is 77.7 cm³/mol. The number of nitrogens with two attached hydrogens (primary N) is 1. The first-order chi connectivity index (χ1) is 9.06.